The van der Waals surface area contributed by atoms with E-state index in [2.05, 4.69) is 20.6 Å². The Morgan fingerprint density at radius 2 is 1.61 bits per heavy atom. The summed E-state index contributed by atoms with van der Waals surface area (Å²) in [4.78, 5) is 21.2. The molecular formula is C23H20N4O. The minimum Gasteiger partial charge on any atom is -0.308 e. The number of amides is 2. The highest BCUT2D eigenvalue weighted by Crippen LogP contribution is 2.23. The van der Waals surface area contributed by atoms with Gasteiger partial charge in [-0.1, -0.05) is 42.5 Å². The minimum atomic E-state index is -0.351. The van der Waals surface area contributed by atoms with Gasteiger partial charge in [0.05, 0.1) is 17.2 Å². The molecule has 0 bridgehead atoms. The highest BCUT2D eigenvalue weighted by Gasteiger charge is 2.07. The SMILES string of the molecule is Cc1ccc(NC(=O)Nc2cnc3ccc(-c4ccccc4)cc3n2)cc1C. The summed E-state index contributed by atoms with van der Waals surface area (Å²) in [5.41, 5.74) is 6.71. The molecule has 0 unspecified atom stereocenters. The number of aryl methyl sites for hydroxylation is 2. The van der Waals surface area contributed by atoms with Crippen molar-refractivity contribution in [2.75, 3.05) is 10.6 Å². The van der Waals surface area contributed by atoms with Crippen LogP contribution in [-0.4, -0.2) is 16.0 Å². The number of urea groups is 1. The molecule has 0 atom stereocenters. The maximum atomic E-state index is 12.3. The molecule has 4 rings (SSSR count). The lowest BCUT2D eigenvalue weighted by Crippen LogP contribution is -2.20. The molecule has 0 radical (unpaired) electrons. The molecule has 0 saturated heterocycles. The van der Waals surface area contributed by atoms with Gasteiger partial charge in [-0.05, 0) is 60.4 Å². The molecule has 1 aromatic heterocycles. The van der Waals surface area contributed by atoms with Crippen LogP contribution >= 0.6 is 0 Å². The summed E-state index contributed by atoms with van der Waals surface area (Å²) < 4.78 is 0. The number of benzene rings is 3. The first-order valence-corrected chi connectivity index (χ1v) is 9.06. The van der Waals surface area contributed by atoms with Gasteiger partial charge >= 0.3 is 6.03 Å². The van der Waals surface area contributed by atoms with E-state index >= 15 is 0 Å². The van der Waals surface area contributed by atoms with E-state index in [1.165, 1.54) is 5.56 Å². The summed E-state index contributed by atoms with van der Waals surface area (Å²) in [5.74, 6) is 0.402. The van der Waals surface area contributed by atoms with Crippen LogP contribution in [0.1, 0.15) is 11.1 Å². The van der Waals surface area contributed by atoms with E-state index in [4.69, 9.17) is 0 Å². The molecular weight excluding hydrogens is 348 g/mol. The molecule has 2 N–H and O–H groups in total. The van der Waals surface area contributed by atoms with Crippen LogP contribution < -0.4 is 10.6 Å². The van der Waals surface area contributed by atoms with Gasteiger partial charge in [0.2, 0.25) is 0 Å². The minimum absolute atomic E-state index is 0.351. The summed E-state index contributed by atoms with van der Waals surface area (Å²) in [6, 6.07) is 21.5. The molecule has 0 aliphatic rings. The third-order valence-corrected chi connectivity index (χ3v) is 4.66. The van der Waals surface area contributed by atoms with Gasteiger partial charge in [-0.15, -0.1) is 0 Å². The summed E-state index contributed by atoms with van der Waals surface area (Å²) in [6.45, 7) is 4.05. The quantitative estimate of drug-likeness (QED) is 0.498. The fraction of sp³-hybridized carbons (Fsp3) is 0.0870. The van der Waals surface area contributed by atoms with Crippen molar-refractivity contribution in [3.8, 4) is 11.1 Å². The zero-order valence-corrected chi connectivity index (χ0v) is 15.7. The lowest BCUT2D eigenvalue weighted by atomic mass is 10.1. The third kappa shape index (κ3) is 3.83. The largest absolute Gasteiger partial charge is 0.324 e. The van der Waals surface area contributed by atoms with E-state index in [9.17, 15) is 4.79 Å². The maximum Gasteiger partial charge on any atom is 0.324 e. The number of anilines is 2. The number of hydrogen-bond acceptors (Lipinski definition) is 3. The molecule has 1 heterocycles. The molecule has 0 spiro atoms. The highest BCUT2D eigenvalue weighted by molar-refractivity contribution is 5.99. The lowest BCUT2D eigenvalue weighted by Gasteiger charge is -2.09. The van der Waals surface area contributed by atoms with Gasteiger partial charge in [-0.3, -0.25) is 10.3 Å². The molecule has 5 heteroatoms. The van der Waals surface area contributed by atoms with E-state index in [-0.39, 0.29) is 6.03 Å². The molecule has 2 amide bonds. The molecule has 0 fully saturated rings. The second-order valence-corrected chi connectivity index (χ2v) is 6.70. The monoisotopic (exact) mass is 368 g/mol. The van der Waals surface area contributed by atoms with Crippen molar-refractivity contribution in [2.24, 2.45) is 0 Å². The van der Waals surface area contributed by atoms with Crippen LogP contribution in [0.3, 0.4) is 0 Å². The first-order chi connectivity index (χ1) is 13.6. The van der Waals surface area contributed by atoms with E-state index in [0.717, 1.165) is 33.4 Å². The van der Waals surface area contributed by atoms with Crippen LogP contribution in [0.2, 0.25) is 0 Å². The lowest BCUT2D eigenvalue weighted by molar-refractivity contribution is 0.262. The number of carbonyl (C=O) groups is 1. The zero-order chi connectivity index (χ0) is 19.5. The molecule has 0 aliphatic heterocycles. The van der Waals surface area contributed by atoms with Crippen LogP contribution in [0.5, 0.6) is 0 Å². The van der Waals surface area contributed by atoms with Crippen LogP contribution in [0.4, 0.5) is 16.3 Å². The Morgan fingerprint density at radius 1 is 0.786 bits per heavy atom. The number of fused-ring (bicyclic) bond motifs is 1. The number of nitrogens with zero attached hydrogens (tertiary/aromatic N) is 2. The summed E-state index contributed by atoms with van der Waals surface area (Å²) >= 11 is 0. The van der Waals surface area contributed by atoms with Crippen molar-refractivity contribution >= 4 is 28.6 Å². The van der Waals surface area contributed by atoms with Gasteiger partial charge in [0.25, 0.3) is 0 Å². The van der Waals surface area contributed by atoms with Crippen LogP contribution in [0, 0.1) is 13.8 Å². The standard InChI is InChI=1S/C23H20N4O/c1-15-8-10-19(12-16(15)2)25-23(28)27-22-14-24-20-11-9-18(13-21(20)26-22)17-6-4-3-5-7-17/h3-14H,1-2H3,(H2,25,26,27,28). The first-order valence-electron chi connectivity index (χ1n) is 9.06. The zero-order valence-electron chi connectivity index (χ0n) is 15.7. The third-order valence-electron chi connectivity index (χ3n) is 4.66. The van der Waals surface area contributed by atoms with E-state index < -0.39 is 0 Å². The molecule has 0 saturated carbocycles. The van der Waals surface area contributed by atoms with Crippen LogP contribution in [-0.2, 0) is 0 Å². The fourth-order valence-electron chi connectivity index (χ4n) is 2.98. The number of rotatable bonds is 3. The van der Waals surface area contributed by atoms with Gasteiger partial charge in [0.1, 0.15) is 0 Å². The molecule has 28 heavy (non-hydrogen) atoms. The Balaban J connectivity index is 1.55. The van der Waals surface area contributed by atoms with Crippen molar-refractivity contribution in [3.63, 3.8) is 0 Å². The molecule has 138 valence electrons. The molecule has 3 aromatic carbocycles. The Labute approximate surface area is 163 Å². The van der Waals surface area contributed by atoms with E-state index in [0.29, 0.717) is 5.82 Å². The predicted molar refractivity (Wildman–Crippen MR) is 114 cm³/mol. The van der Waals surface area contributed by atoms with Crippen LogP contribution in [0.25, 0.3) is 22.2 Å². The molecule has 5 nitrogen and oxygen atoms in total. The normalized spacial score (nSPS) is 10.6. The maximum absolute atomic E-state index is 12.3. The Kier molecular flexibility index (Phi) is 4.72. The average molecular weight is 368 g/mol. The average Bonchev–Trinajstić information content (AvgIpc) is 2.71. The van der Waals surface area contributed by atoms with E-state index in [1.54, 1.807) is 6.20 Å². The van der Waals surface area contributed by atoms with E-state index in [1.807, 2.05) is 80.6 Å². The highest BCUT2D eigenvalue weighted by atomic mass is 16.2. The summed E-state index contributed by atoms with van der Waals surface area (Å²) in [5, 5.41) is 5.58. The van der Waals surface area contributed by atoms with Gasteiger partial charge in [0, 0.05) is 5.69 Å². The summed E-state index contributed by atoms with van der Waals surface area (Å²) in [7, 11) is 0. The number of nitrogens with one attached hydrogen (secondary N) is 2. The Hall–Kier alpha value is -3.73. The second-order valence-electron chi connectivity index (χ2n) is 6.70. The van der Waals surface area contributed by atoms with Crippen molar-refractivity contribution in [1.82, 2.24) is 9.97 Å². The fourth-order valence-corrected chi connectivity index (χ4v) is 2.98. The van der Waals surface area contributed by atoms with Gasteiger partial charge in [-0.2, -0.15) is 0 Å². The first kappa shape index (κ1) is 17.7. The second kappa shape index (κ2) is 7.48. The number of hydrogen-bond donors (Lipinski definition) is 2. The van der Waals surface area contributed by atoms with Crippen molar-refractivity contribution in [1.29, 1.82) is 0 Å². The Morgan fingerprint density at radius 3 is 2.39 bits per heavy atom. The van der Waals surface area contributed by atoms with Gasteiger partial charge in [0.15, 0.2) is 5.82 Å². The van der Waals surface area contributed by atoms with Crippen molar-refractivity contribution < 1.29 is 4.79 Å². The Bertz CT molecular complexity index is 1160. The summed E-state index contributed by atoms with van der Waals surface area (Å²) in [6.07, 6.45) is 1.56. The van der Waals surface area contributed by atoms with Crippen LogP contribution in [0.15, 0.2) is 72.9 Å². The van der Waals surface area contributed by atoms with Crippen molar-refractivity contribution in [3.05, 3.63) is 84.1 Å². The van der Waals surface area contributed by atoms with Gasteiger partial charge in [-0.25, -0.2) is 9.78 Å². The predicted octanol–water partition coefficient (Wildman–Crippen LogP) is 5.56. The molecule has 0 aliphatic carbocycles. The molecule has 4 aromatic rings. The number of aromatic nitrogens is 2. The topological polar surface area (TPSA) is 66.9 Å². The smallest absolute Gasteiger partial charge is 0.308 e. The van der Waals surface area contributed by atoms with Gasteiger partial charge < -0.3 is 5.32 Å². The number of carbonyl (C=O) groups excluding carboxylic acids is 1. The van der Waals surface area contributed by atoms with Crippen molar-refractivity contribution in [2.45, 2.75) is 13.8 Å².